The van der Waals surface area contributed by atoms with Crippen molar-refractivity contribution >= 4 is 11.5 Å². The highest BCUT2D eigenvalue weighted by atomic mass is 15.1. The molecule has 1 aliphatic heterocycles. The molecule has 1 aromatic rings. The van der Waals surface area contributed by atoms with Crippen LogP contribution in [0.3, 0.4) is 0 Å². The summed E-state index contributed by atoms with van der Waals surface area (Å²) in [5.41, 5.74) is 6.38. The third kappa shape index (κ3) is 3.56. The van der Waals surface area contributed by atoms with Gasteiger partial charge in [0, 0.05) is 6.54 Å². The lowest BCUT2D eigenvalue weighted by molar-refractivity contribution is 0.215. The molecule has 0 amide bonds. The Morgan fingerprint density at radius 2 is 2.24 bits per heavy atom. The van der Waals surface area contributed by atoms with Crippen LogP contribution >= 0.6 is 0 Å². The van der Waals surface area contributed by atoms with Crippen molar-refractivity contribution in [3.05, 3.63) is 12.5 Å². The van der Waals surface area contributed by atoms with Crippen LogP contribution in [-0.2, 0) is 0 Å². The first-order valence-electron chi connectivity index (χ1n) is 6.23. The lowest BCUT2D eigenvalue weighted by Crippen LogP contribution is -2.30. The van der Waals surface area contributed by atoms with Gasteiger partial charge in [-0.2, -0.15) is 0 Å². The van der Waals surface area contributed by atoms with E-state index in [4.69, 9.17) is 5.73 Å². The van der Waals surface area contributed by atoms with Crippen LogP contribution < -0.4 is 11.1 Å². The zero-order valence-electron chi connectivity index (χ0n) is 10.4. The van der Waals surface area contributed by atoms with Crippen molar-refractivity contribution in [2.45, 2.75) is 19.3 Å². The van der Waals surface area contributed by atoms with Gasteiger partial charge >= 0.3 is 0 Å². The number of nitrogens with zero attached hydrogens (tertiary/aromatic N) is 3. The Kier molecular flexibility index (Phi) is 4.14. The fourth-order valence-electron chi connectivity index (χ4n) is 2.23. The molecule has 0 aromatic carbocycles. The summed E-state index contributed by atoms with van der Waals surface area (Å²) in [6, 6.07) is 0. The molecule has 1 fully saturated rings. The van der Waals surface area contributed by atoms with Crippen LogP contribution in [0.25, 0.3) is 0 Å². The Morgan fingerprint density at radius 1 is 1.47 bits per heavy atom. The normalized spacial score (nSPS) is 18.2. The van der Waals surface area contributed by atoms with E-state index in [1.165, 1.54) is 38.7 Å². The lowest BCUT2D eigenvalue weighted by atomic mass is 9.94. The van der Waals surface area contributed by atoms with Gasteiger partial charge in [0.25, 0.3) is 0 Å². The Morgan fingerprint density at radius 3 is 2.94 bits per heavy atom. The second-order valence-electron chi connectivity index (χ2n) is 4.79. The fraction of sp³-hybridized carbons (Fsp3) is 0.667. The van der Waals surface area contributed by atoms with E-state index in [0.717, 1.165) is 18.3 Å². The molecule has 2 heterocycles. The van der Waals surface area contributed by atoms with Crippen LogP contribution in [0.1, 0.15) is 19.3 Å². The SMILES string of the molecule is CN1CCC(CCNc2ncncc2N)CC1. The second kappa shape index (κ2) is 5.82. The molecule has 5 nitrogen and oxygen atoms in total. The highest BCUT2D eigenvalue weighted by Crippen LogP contribution is 2.20. The van der Waals surface area contributed by atoms with Crippen molar-refractivity contribution in [1.82, 2.24) is 14.9 Å². The van der Waals surface area contributed by atoms with E-state index >= 15 is 0 Å². The number of anilines is 2. The summed E-state index contributed by atoms with van der Waals surface area (Å²) in [6.45, 7) is 3.39. The highest BCUT2D eigenvalue weighted by Gasteiger charge is 2.16. The predicted octanol–water partition coefficient (Wildman–Crippen LogP) is 1.20. The minimum absolute atomic E-state index is 0.621. The number of hydrogen-bond acceptors (Lipinski definition) is 5. The van der Waals surface area contributed by atoms with E-state index in [2.05, 4.69) is 27.2 Å². The number of nitrogens with two attached hydrogens (primary N) is 1. The van der Waals surface area contributed by atoms with Crippen molar-refractivity contribution < 1.29 is 0 Å². The standard InChI is InChI=1S/C12H21N5/c1-17-6-3-10(4-7-17)2-5-15-12-11(13)8-14-9-16-12/h8-10H,2-7,13H2,1H3,(H,14,15,16). The predicted molar refractivity (Wildman–Crippen MR) is 69.8 cm³/mol. The third-order valence-electron chi connectivity index (χ3n) is 3.42. The summed E-state index contributed by atoms with van der Waals surface area (Å²) in [4.78, 5) is 10.4. The molecule has 1 aliphatic rings. The van der Waals surface area contributed by atoms with E-state index in [1.54, 1.807) is 6.20 Å². The molecule has 0 saturated carbocycles. The largest absolute Gasteiger partial charge is 0.394 e. The molecule has 3 N–H and O–H groups in total. The van der Waals surface area contributed by atoms with Gasteiger partial charge in [0.1, 0.15) is 6.33 Å². The zero-order valence-corrected chi connectivity index (χ0v) is 10.4. The van der Waals surface area contributed by atoms with E-state index in [-0.39, 0.29) is 0 Å². The second-order valence-corrected chi connectivity index (χ2v) is 4.79. The van der Waals surface area contributed by atoms with Crippen LogP contribution in [0.15, 0.2) is 12.5 Å². The summed E-state index contributed by atoms with van der Waals surface area (Å²) in [6.07, 6.45) is 6.95. The Labute approximate surface area is 102 Å². The molecule has 0 bridgehead atoms. The molecular weight excluding hydrogens is 214 g/mol. The molecule has 1 saturated heterocycles. The minimum Gasteiger partial charge on any atom is -0.394 e. The van der Waals surface area contributed by atoms with Crippen LogP contribution in [-0.4, -0.2) is 41.5 Å². The topological polar surface area (TPSA) is 67.1 Å². The van der Waals surface area contributed by atoms with Crippen molar-refractivity contribution in [1.29, 1.82) is 0 Å². The van der Waals surface area contributed by atoms with Gasteiger partial charge in [0.05, 0.1) is 11.9 Å². The summed E-state index contributed by atoms with van der Waals surface area (Å²) in [7, 11) is 2.19. The maximum absolute atomic E-state index is 5.76. The van der Waals surface area contributed by atoms with E-state index in [1.807, 2.05) is 0 Å². The molecule has 0 radical (unpaired) electrons. The molecule has 0 spiro atoms. The van der Waals surface area contributed by atoms with Gasteiger partial charge in [-0.15, -0.1) is 0 Å². The fourth-order valence-corrected chi connectivity index (χ4v) is 2.23. The van der Waals surface area contributed by atoms with Crippen LogP contribution in [0, 0.1) is 5.92 Å². The Balaban J connectivity index is 1.71. The lowest BCUT2D eigenvalue weighted by Gasteiger charge is -2.28. The van der Waals surface area contributed by atoms with Gasteiger partial charge in [0.2, 0.25) is 0 Å². The van der Waals surface area contributed by atoms with Crippen molar-refractivity contribution in [3.8, 4) is 0 Å². The van der Waals surface area contributed by atoms with Crippen molar-refractivity contribution in [3.63, 3.8) is 0 Å². The number of nitrogen functional groups attached to an aromatic ring is 1. The number of hydrogen-bond donors (Lipinski definition) is 2. The molecule has 5 heteroatoms. The van der Waals surface area contributed by atoms with Crippen LogP contribution in [0.4, 0.5) is 11.5 Å². The average molecular weight is 235 g/mol. The van der Waals surface area contributed by atoms with E-state index in [0.29, 0.717) is 5.69 Å². The van der Waals surface area contributed by atoms with Gasteiger partial charge in [-0.05, 0) is 45.3 Å². The van der Waals surface area contributed by atoms with Gasteiger partial charge < -0.3 is 16.0 Å². The number of piperidine rings is 1. The van der Waals surface area contributed by atoms with Crippen molar-refractivity contribution in [2.24, 2.45) is 5.92 Å². The van der Waals surface area contributed by atoms with Gasteiger partial charge in [-0.1, -0.05) is 0 Å². The van der Waals surface area contributed by atoms with Gasteiger partial charge in [0.15, 0.2) is 5.82 Å². The molecule has 2 rings (SSSR count). The van der Waals surface area contributed by atoms with Gasteiger partial charge in [-0.25, -0.2) is 9.97 Å². The quantitative estimate of drug-likeness (QED) is 0.821. The Hall–Kier alpha value is -1.36. The van der Waals surface area contributed by atoms with Crippen LogP contribution in [0.2, 0.25) is 0 Å². The third-order valence-corrected chi connectivity index (χ3v) is 3.42. The molecule has 0 unspecified atom stereocenters. The molecule has 94 valence electrons. The van der Waals surface area contributed by atoms with Crippen molar-refractivity contribution in [2.75, 3.05) is 37.7 Å². The molecule has 0 atom stereocenters. The summed E-state index contributed by atoms with van der Waals surface area (Å²) in [5.74, 6) is 1.59. The number of rotatable bonds is 4. The van der Waals surface area contributed by atoms with Gasteiger partial charge in [-0.3, -0.25) is 0 Å². The number of aromatic nitrogens is 2. The number of likely N-dealkylation sites (tertiary alicyclic amines) is 1. The minimum atomic E-state index is 0.621. The zero-order chi connectivity index (χ0) is 12.1. The first-order chi connectivity index (χ1) is 8.25. The summed E-state index contributed by atoms with van der Waals surface area (Å²) in [5, 5.41) is 3.28. The monoisotopic (exact) mass is 235 g/mol. The average Bonchev–Trinajstić information content (AvgIpc) is 2.34. The highest BCUT2D eigenvalue weighted by molar-refractivity contribution is 5.58. The molecule has 1 aromatic heterocycles. The first-order valence-corrected chi connectivity index (χ1v) is 6.23. The van der Waals surface area contributed by atoms with E-state index in [9.17, 15) is 0 Å². The smallest absolute Gasteiger partial charge is 0.152 e. The summed E-state index contributed by atoms with van der Waals surface area (Å²) < 4.78 is 0. The molecular formula is C12H21N5. The maximum atomic E-state index is 5.76. The molecule has 17 heavy (non-hydrogen) atoms. The molecule has 0 aliphatic carbocycles. The maximum Gasteiger partial charge on any atom is 0.152 e. The summed E-state index contributed by atoms with van der Waals surface area (Å²) >= 11 is 0. The first kappa shape index (κ1) is 12.1. The Bertz CT molecular complexity index is 347. The van der Waals surface area contributed by atoms with Crippen LogP contribution in [0.5, 0.6) is 0 Å². The van der Waals surface area contributed by atoms with E-state index < -0.39 is 0 Å². The number of nitrogens with one attached hydrogen (secondary N) is 1.